The summed E-state index contributed by atoms with van der Waals surface area (Å²) < 4.78 is 1.28. The first-order chi connectivity index (χ1) is 12.3. The summed E-state index contributed by atoms with van der Waals surface area (Å²) in [6, 6.07) is 14.1. The Labute approximate surface area is 148 Å². The fraction of sp³-hybridized carbons (Fsp3) is 0.105. The smallest absolute Gasteiger partial charge is 0.269 e. The van der Waals surface area contributed by atoms with Crippen LogP contribution in [-0.2, 0) is 6.42 Å². The van der Waals surface area contributed by atoms with Crippen molar-refractivity contribution >= 4 is 27.3 Å². The molecule has 25 heavy (non-hydrogen) atoms. The van der Waals surface area contributed by atoms with Crippen LogP contribution in [0, 0.1) is 0 Å². The van der Waals surface area contributed by atoms with Gasteiger partial charge < -0.3 is 5.32 Å². The van der Waals surface area contributed by atoms with E-state index in [-0.39, 0.29) is 5.91 Å². The lowest BCUT2D eigenvalue weighted by Gasteiger charge is -2.04. The van der Waals surface area contributed by atoms with Gasteiger partial charge in [0, 0.05) is 39.6 Å². The molecule has 0 radical (unpaired) electrons. The molecule has 1 amide bonds. The molecule has 0 saturated heterocycles. The van der Waals surface area contributed by atoms with Crippen LogP contribution in [0.25, 0.3) is 21.2 Å². The fourth-order valence-corrected chi connectivity index (χ4v) is 3.72. The van der Waals surface area contributed by atoms with Gasteiger partial charge in [0.15, 0.2) is 0 Å². The summed E-state index contributed by atoms with van der Waals surface area (Å²) in [5.74, 6) is -0.153. The molecule has 0 bridgehead atoms. The average molecular weight is 348 g/mol. The first-order valence-electron chi connectivity index (χ1n) is 8.00. The van der Waals surface area contributed by atoms with Gasteiger partial charge in [-0.2, -0.15) is 5.10 Å². The number of benzene rings is 1. The number of hydrogen-bond donors (Lipinski definition) is 2. The number of nitrogens with one attached hydrogen (secondary N) is 2. The Bertz CT molecular complexity index is 957. The van der Waals surface area contributed by atoms with E-state index in [1.54, 1.807) is 36.0 Å². The largest absolute Gasteiger partial charge is 0.350 e. The second-order valence-electron chi connectivity index (χ2n) is 5.68. The Kier molecular flexibility index (Phi) is 4.26. The summed E-state index contributed by atoms with van der Waals surface area (Å²) in [6.07, 6.45) is 6.02. The minimum atomic E-state index is -0.153. The number of amides is 1. The van der Waals surface area contributed by atoms with E-state index in [9.17, 15) is 4.79 Å². The first-order valence-corrected chi connectivity index (χ1v) is 8.82. The molecule has 6 heteroatoms. The van der Waals surface area contributed by atoms with Crippen molar-refractivity contribution in [1.82, 2.24) is 20.5 Å². The number of fused-ring (bicyclic) bond motifs is 1. The van der Waals surface area contributed by atoms with Crippen molar-refractivity contribution in [3.05, 3.63) is 71.6 Å². The number of H-pyrrole nitrogens is 1. The van der Waals surface area contributed by atoms with Gasteiger partial charge >= 0.3 is 0 Å². The fourth-order valence-electron chi connectivity index (χ4n) is 2.66. The van der Waals surface area contributed by atoms with Crippen molar-refractivity contribution in [3.8, 4) is 11.1 Å². The summed E-state index contributed by atoms with van der Waals surface area (Å²) in [7, 11) is 0. The van der Waals surface area contributed by atoms with Crippen molar-refractivity contribution in [2.24, 2.45) is 0 Å². The Morgan fingerprint density at radius 2 is 2.04 bits per heavy atom. The van der Waals surface area contributed by atoms with Gasteiger partial charge in [0.25, 0.3) is 5.91 Å². The van der Waals surface area contributed by atoms with Crippen molar-refractivity contribution in [2.45, 2.75) is 6.42 Å². The molecule has 124 valence electrons. The molecule has 3 aromatic heterocycles. The van der Waals surface area contributed by atoms with Crippen LogP contribution in [0.15, 0.2) is 61.1 Å². The van der Waals surface area contributed by atoms with Crippen LogP contribution in [-0.4, -0.2) is 27.6 Å². The van der Waals surface area contributed by atoms with Gasteiger partial charge in [-0.25, -0.2) is 0 Å². The average Bonchev–Trinajstić information content (AvgIpc) is 3.31. The van der Waals surface area contributed by atoms with Gasteiger partial charge in [0.2, 0.25) is 0 Å². The summed E-state index contributed by atoms with van der Waals surface area (Å²) in [5, 5.41) is 10.9. The molecule has 0 fully saturated rings. The molecule has 0 saturated carbocycles. The van der Waals surface area contributed by atoms with Gasteiger partial charge in [-0.15, -0.1) is 11.3 Å². The van der Waals surface area contributed by atoms with Crippen molar-refractivity contribution in [3.63, 3.8) is 0 Å². The summed E-state index contributed by atoms with van der Waals surface area (Å²) in [6.45, 7) is 0.594. The van der Waals surface area contributed by atoms with E-state index in [1.165, 1.54) is 15.0 Å². The van der Waals surface area contributed by atoms with E-state index in [0.29, 0.717) is 12.2 Å². The zero-order valence-corrected chi connectivity index (χ0v) is 14.2. The van der Waals surface area contributed by atoms with Crippen LogP contribution in [0.5, 0.6) is 0 Å². The molecule has 0 aliphatic carbocycles. The second-order valence-corrected chi connectivity index (χ2v) is 6.84. The van der Waals surface area contributed by atoms with Gasteiger partial charge in [0.1, 0.15) is 5.69 Å². The molecule has 3 heterocycles. The predicted molar refractivity (Wildman–Crippen MR) is 99.7 cm³/mol. The topological polar surface area (TPSA) is 70.7 Å². The number of carbonyl (C=O) groups excluding carboxylic acids is 1. The second kappa shape index (κ2) is 6.86. The van der Waals surface area contributed by atoms with Gasteiger partial charge in [-0.1, -0.05) is 24.3 Å². The summed E-state index contributed by atoms with van der Waals surface area (Å²) in [4.78, 5) is 17.7. The number of nitrogens with zero attached hydrogens (tertiary/aromatic N) is 2. The van der Waals surface area contributed by atoms with Gasteiger partial charge in [-0.3, -0.25) is 14.9 Å². The molecule has 5 nitrogen and oxygen atoms in total. The van der Waals surface area contributed by atoms with Crippen molar-refractivity contribution in [1.29, 1.82) is 0 Å². The molecule has 0 spiro atoms. The number of aromatic nitrogens is 3. The Morgan fingerprint density at radius 1 is 1.12 bits per heavy atom. The normalized spacial score (nSPS) is 10.9. The van der Waals surface area contributed by atoms with E-state index < -0.39 is 0 Å². The zero-order chi connectivity index (χ0) is 17.1. The Balaban J connectivity index is 1.35. The zero-order valence-electron chi connectivity index (χ0n) is 13.4. The minimum Gasteiger partial charge on any atom is -0.350 e. The van der Waals surface area contributed by atoms with Crippen LogP contribution in [0.3, 0.4) is 0 Å². The monoisotopic (exact) mass is 348 g/mol. The third-order valence-corrected chi connectivity index (χ3v) is 5.14. The molecular weight excluding hydrogens is 332 g/mol. The molecule has 0 unspecified atom stereocenters. The molecule has 4 rings (SSSR count). The SMILES string of the molecule is O=C(NCCc1cc2ccccc2s1)c1ccc(-c2cn[nH]c2)cn1. The molecule has 0 aliphatic rings. The van der Waals surface area contributed by atoms with E-state index in [4.69, 9.17) is 0 Å². The molecule has 0 aliphatic heterocycles. The van der Waals surface area contributed by atoms with Crippen LogP contribution in [0.4, 0.5) is 0 Å². The van der Waals surface area contributed by atoms with Crippen molar-refractivity contribution in [2.75, 3.05) is 6.54 Å². The van der Waals surface area contributed by atoms with Crippen LogP contribution in [0.1, 0.15) is 15.4 Å². The number of pyridine rings is 1. The van der Waals surface area contributed by atoms with Gasteiger partial charge in [-0.05, 0) is 30.0 Å². The lowest BCUT2D eigenvalue weighted by atomic mass is 10.1. The minimum absolute atomic E-state index is 0.153. The molecule has 4 aromatic rings. The summed E-state index contributed by atoms with van der Waals surface area (Å²) >= 11 is 1.77. The highest BCUT2D eigenvalue weighted by molar-refractivity contribution is 7.19. The summed E-state index contributed by atoms with van der Waals surface area (Å²) in [5.41, 5.74) is 2.29. The maximum atomic E-state index is 12.2. The number of rotatable bonds is 5. The quantitative estimate of drug-likeness (QED) is 0.578. The Morgan fingerprint density at radius 3 is 2.80 bits per heavy atom. The third-order valence-electron chi connectivity index (χ3n) is 3.96. The predicted octanol–water partition coefficient (Wildman–Crippen LogP) is 3.66. The van der Waals surface area contributed by atoms with E-state index in [1.807, 2.05) is 18.2 Å². The molecule has 2 N–H and O–H groups in total. The highest BCUT2D eigenvalue weighted by Gasteiger charge is 2.08. The Hall–Kier alpha value is -2.99. The lowest BCUT2D eigenvalue weighted by Crippen LogP contribution is -2.26. The molecular formula is C19H16N4OS. The van der Waals surface area contributed by atoms with E-state index >= 15 is 0 Å². The first kappa shape index (κ1) is 15.5. The molecule has 0 atom stereocenters. The van der Waals surface area contributed by atoms with Crippen LogP contribution >= 0.6 is 11.3 Å². The number of carbonyl (C=O) groups is 1. The van der Waals surface area contributed by atoms with E-state index in [0.717, 1.165) is 17.5 Å². The van der Waals surface area contributed by atoms with E-state index in [2.05, 4.69) is 38.7 Å². The highest BCUT2D eigenvalue weighted by atomic mass is 32.1. The number of hydrogen-bond acceptors (Lipinski definition) is 4. The van der Waals surface area contributed by atoms with Crippen LogP contribution in [0.2, 0.25) is 0 Å². The number of thiophene rings is 1. The standard InChI is InChI=1S/C19H16N4OS/c24-19(17-6-5-14(10-21-17)15-11-22-23-12-15)20-8-7-16-9-13-3-1-2-4-18(13)25-16/h1-6,9-12H,7-8H2,(H,20,24)(H,22,23). The maximum Gasteiger partial charge on any atom is 0.269 e. The maximum absolute atomic E-state index is 12.2. The lowest BCUT2D eigenvalue weighted by molar-refractivity contribution is 0.0949. The number of aromatic amines is 1. The molecule has 1 aromatic carbocycles. The van der Waals surface area contributed by atoms with Crippen molar-refractivity contribution < 1.29 is 4.79 Å². The van der Waals surface area contributed by atoms with Gasteiger partial charge in [0.05, 0.1) is 6.20 Å². The van der Waals surface area contributed by atoms with Crippen LogP contribution < -0.4 is 5.32 Å². The highest BCUT2D eigenvalue weighted by Crippen LogP contribution is 2.25. The third kappa shape index (κ3) is 3.44.